The van der Waals surface area contributed by atoms with E-state index in [1.807, 2.05) is 7.05 Å². The van der Waals surface area contributed by atoms with E-state index in [1.54, 1.807) is 7.05 Å². The van der Waals surface area contributed by atoms with Gasteiger partial charge in [0.25, 0.3) is 5.91 Å². The SMILES string of the molecule is CNC1CCC(c2nn(C)c(N)c2C(=O)Nc2ccc(F)c(Cl)c2)C1. The van der Waals surface area contributed by atoms with E-state index in [1.165, 1.54) is 22.9 Å². The number of hydrogen-bond donors (Lipinski definition) is 3. The second-order valence-electron chi connectivity index (χ2n) is 6.35. The predicted molar refractivity (Wildman–Crippen MR) is 96.4 cm³/mol. The minimum Gasteiger partial charge on any atom is -0.383 e. The number of benzene rings is 1. The molecule has 6 nitrogen and oxygen atoms in total. The van der Waals surface area contributed by atoms with Crippen LogP contribution in [0.5, 0.6) is 0 Å². The third-order valence-electron chi connectivity index (χ3n) is 4.75. The first kappa shape index (κ1) is 17.7. The van der Waals surface area contributed by atoms with Gasteiger partial charge in [-0.15, -0.1) is 0 Å². The molecule has 134 valence electrons. The molecule has 0 spiro atoms. The summed E-state index contributed by atoms with van der Waals surface area (Å²) in [5.74, 6) is -0.409. The summed E-state index contributed by atoms with van der Waals surface area (Å²) in [6, 6.07) is 4.45. The van der Waals surface area contributed by atoms with Crippen molar-refractivity contribution in [2.24, 2.45) is 7.05 Å². The molecule has 1 heterocycles. The Bertz CT molecular complexity index is 807. The topological polar surface area (TPSA) is 85.0 Å². The lowest BCUT2D eigenvalue weighted by molar-refractivity contribution is 0.102. The van der Waals surface area contributed by atoms with E-state index in [0.717, 1.165) is 19.3 Å². The number of nitrogens with two attached hydrogens (primary N) is 1. The van der Waals surface area contributed by atoms with Crippen molar-refractivity contribution in [2.75, 3.05) is 18.1 Å². The fraction of sp³-hybridized carbons (Fsp3) is 0.412. The maximum absolute atomic E-state index is 13.3. The zero-order valence-electron chi connectivity index (χ0n) is 14.1. The zero-order valence-corrected chi connectivity index (χ0v) is 14.9. The fourth-order valence-corrected chi connectivity index (χ4v) is 3.52. The van der Waals surface area contributed by atoms with Crippen LogP contribution in [0.2, 0.25) is 5.02 Å². The molecule has 2 unspecified atom stereocenters. The highest BCUT2D eigenvalue weighted by atomic mass is 35.5. The number of aromatic nitrogens is 2. The van der Waals surface area contributed by atoms with E-state index >= 15 is 0 Å². The monoisotopic (exact) mass is 365 g/mol. The normalized spacial score (nSPS) is 20.0. The number of halogens is 2. The zero-order chi connectivity index (χ0) is 18.1. The first-order chi connectivity index (χ1) is 11.9. The fourth-order valence-electron chi connectivity index (χ4n) is 3.34. The Kier molecular flexibility index (Phi) is 4.96. The van der Waals surface area contributed by atoms with Gasteiger partial charge in [0, 0.05) is 24.7 Å². The van der Waals surface area contributed by atoms with Crippen molar-refractivity contribution >= 4 is 29.0 Å². The molecule has 1 aromatic carbocycles. The molecule has 0 saturated heterocycles. The Labute approximate surface area is 150 Å². The molecule has 1 aromatic heterocycles. The minimum absolute atomic E-state index is 0.0511. The Morgan fingerprint density at radius 1 is 1.44 bits per heavy atom. The molecule has 1 amide bonds. The number of nitrogens with one attached hydrogen (secondary N) is 2. The Hall–Kier alpha value is -2.12. The molecule has 1 saturated carbocycles. The molecule has 1 aliphatic rings. The van der Waals surface area contributed by atoms with Gasteiger partial charge in [-0.25, -0.2) is 4.39 Å². The van der Waals surface area contributed by atoms with E-state index in [4.69, 9.17) is 17.3 Å². The van der Waals surface area contributed by atoms with Gasteiger partial charge in [0.1, 0.15) is 17.2 Å². The average molecular weight is 366 g/mol. The van der Waals surface area contributed by atoms with E-state index in [-0.39, 0.29) is 16.8 Å². The van der Waals surface area contributed by atoms with Crippen LogP contribution >= 0.6 is 11.6 Å². The summed E-state index contributed by atoms with van der Waals surface area (Å²) >= 11 is 5.77. The molecule has 8 heteroatoms. The highest BCUT2D eigenvalue weighted by molar-refractivity contribution is 6.31. The van der Waals surface area contributed by atoms with Crippen LogP contribution in [0.4, 0.5) is 15.9 Å². The number of aryl methyl sites for hydroxylation is 1. The van der Waals surface area contributed by atoms with Crippen molar-refractivity contribution in [1.29, 1.82) is 0 Å². The molecule has 3 rings (SSSR count). The highest BCUT2D eigenvalue weighted by Gasteiger charge is 2.32. The summed E-state index contributed by atoms with van der Waals surface area (Å²) in [5, 5.41) is 10.4. The van der Waals surface area contributed by atoms with Crippen molar-refractivity contribution in [3.8, 4) is 0 Å². The average Bonchev–Trinajstić information content (AvgIpc) is 3.16. The predicted octanol–water partition coefficient (Wildman–Crippen LogP) is 2.90. The quantitative estimate of drug-likeness (QED) is 0.777. The first-order valence-electron chi connectivity index (χ1n) is 8.16. The summed E-state index contributed by atoms with van der Waals surface area (Å²) in [7, 11) is 3.65. The number of amides is 1. The smallest absolute Gasteiger partial charge is 0.261 e. The number of rotatable bonds is 4. The molecule has 25 heavy (non-hydrogen) atoms. The van der Waals surface area contributed by atoms with Gasteiger partial charge in [0.15, 0.2) is 0 Å². The van der Waals surface area contributed by atoms with Crippen molar-refractivity contribution in [3.63, 3.8) is 0 Å². The summed E-state index contributed by atoms with van der Waals surface area (Å²) in [6.45, 7) is 0. The van der Waals surface area contributed by atoms with Crippen molar-refractivity contribution < 1.29 is 9.18 Å². The molecular weight excluding hydrogens is 345 g/mol. The summed E-state index contributed by atoms with van der Waals surface area (Å²) in [6.07, 6.45) is 2.90. The van der Waals surface area contributed by atoms with Crippen LogP contribution in [0.15, 0.2) is 18.2 Å². The van der Waals surface area contributed by atoms with Gasteiger partial charge in [-0.1, -0.05) is 11.6 Å². The van der Waals surface area contributed by atoms with E-state index in [2.05, 4.69) is 15.7 Å². The Morgan fingerprint density at radius 3 is 2.84 bits per heavy atom. The van der Waals surface area contributed by atoms with Crippen LogP contribution in [0, 0.1) is 5.82 Å². The molecule has 1 fully saturated rings. The lowest BCUT2D eigenvalue weighted by atomic mass is 9.99. The standard InChI is InChI=1S/C17H21ClFN5O/c1-21-10-4-3-9(7-10)15-14(16(20)24(2)23-15)17(25)22-11-5-6-13(19)12(18)8-11/h5-6,8-10,21H,3-4,7,20H2,1-2H3,(H,22,25). The largest absolute Gasteiger partial charge is 0.383 e. The highest BCUT2D eigenvalue weighted by Crippen LogP contribution is 2.37. The van der Waals surface area contributed by atoms with Crippen LogP contribution in [-0.2, 0) is 7.05 Å². The number of carbonyl (C=O) groups excluding carboxylic acids is 1. The van der Waals surface area contributed by atoms with Crippen LogP contribution < -0.4 is 16.4 Å². The first-order valence-corrected chi connectivity index (χ1v) is 8.54. The Balaban J connectivity index is 1.88. The van der Waals surface area contributed by atoms with Gasteiger partial charge in [-0.05, 0) is 44.5 Å². The van der Waals surface area contributed by atoms with Crippen LogP contribution in [0.25, 0.3) is 0 Å². The number of anilines is 2. The van der Waals surface area contributed by atoms with Crippen molar-refractivity contribution in [1.82, 2.24) is 15.1 Å². The minimum atomic E-state index is -0.537. The number of carbonyl (C=O) groups is 1. The molecule has 1 aliphatic carbocycles. The third kappa shape index (κ3) is 3.48. The molecule has 0 bridgehead atoms. The van der Waals surface area contributed by atoms with Crippen LogP contribution in [-0.4, -0.2) is 28.8 Å². The molecule has 2 atom stereocenters. The van der Waals surface area contributed by atoms with Crippen LogP contribution in [0.3, 0.4) is 0 Å². The summed E-state index contributed by atoms with van der Waals surface area (Å²) in [4.78, 5) is 12.8. The summed E-state index contributed by atoms with van der Waals surface area (Å²) in [5.41, 5.74) is 7.58. The van der Waals surface area contributed by atoms with Gasteiger partial charge < -0.3 is 16.4 Å². The van der Waals surface area contributed by atoms with Gasteiger partial charge in [0.2, 0.25) is 0 Å². The molecule has 0 aliphatic heterocycles. The lowest BCUT2D eigenvalue weighted by Gasteiger charge is -2.11. The number of hydrogen-bond acceptors (Lipinski definition) is 4. The maximum Gasteiger partial charge on any atom is 0.261 e. The molecule has 4 N–H and O–H groups in total. The molecule has 2 aromatic rings. The molecule has 0 radical (unpaired) electrons. The van der Waals surface area contributed by atoms with E-state index < -0.39 is 5.82 Å². The van der Waals surface area contributed by atoms with Crippen molar-refractivity contribution in [2.45, 2.75) is 31.2 Å². The second kappa shape index (κ2) is 7.01. The summed E-state index contributed by atoms with van der Waals surface area (Å²) < 4.78 is 14.8. The van der Waals surface area contributed by atoms with Crippen molar-refractivity contribution in [3.05, 3.63) is 40.3 Å². The van der Waals surface area contributed by atoms with Gasteiger partial charge in [-0.2, -0.15) is 5.10 Å². The maximum atomic E-state index is 13.3. The van der Waals surface area contributed by atoms with E-state index in [0.29, 0.717) is 28.8 Å². The number of nitrogens with zero attached hydrogens (tertiary/aromatic N) is 2. The van der Waals surface area contributed by atoms with E-state index in [9.17, 15) is 9.18 Å². The van der Waals surface area contributed by atoms with Gasteiger partial charge in [0.05, 0.1) is 10.7 Å². The van der Waals surface area contributed by atoms with Gasteiger partial charge >= 0.3 is 0 Å². The second-order valence-corrected chi connectivity index (χ2v) is 6.75. The molecular formula is C17H21ClFN5O. The lowest BCUT2D eigenvalue weighted by Crippen LogP contribution is -2.21. The van der Waals surface area contributed by atoms with Crippen LogP contribution in [0.1, 0.15) is 41.2 Å². The third-order valence-corrected chi connectivity index (χ3v) is 5.04. The Morgan fingerprint density at radius 2 is 2.20 bits per heavy atom. The number of nitrogen functional groups attached to an aromatic ring is 1. The van der Waals surface area contributed by atoms with Gasteiger partial charge in [-0.3, -0.25) is 9.48 Å².